The lowest BCUT2D eigenvalue weighted by Crippen LogP contribution is -2.18. The zero-order valence-corrected chi connectivity index (χ0v) is 12.1. The van der Waals surface area contributed by atoms with Crippen molar-refractivity contribution in [3.05, 3.63) is 52.4 Å². The van der Waals surface area contributed by atoms with Crippen LogP contribution in [0.4, 0.5) is 0 Å². The molecule has 1 unspecified atom stereocenters. The quantitative estimate of drug-likeness (QED) is 0.862. The number of rotatable bonds is 4. The van der Waals surface area contributed by atoms with Crippen LogP contribution in [0.15, 0.2) is 50.4 Å². The summed E-state index contributed by atoms with van der Waals surface area (Å²) in [6.45, 7) is 0. The normalized spacial score (nSPS) is 12.6. The lowest BCUT2D eigenvalue weighted by Gasteiger charge is -2.17. The summed E-state index contributed by atoms with van der Waals surface area (Å²) in [6, 6.07) is 10.4. The molecule has 0 bridgehead atoms. The SMILES string of the molecule is CNC(c1ccccc1SC)c1occc1Br. The number of nitrogens with one attached hydrogen (secondary N) is 1. The molecule has 0 spiro atoms. The van der Waals surface area contributed by atoms with Gasteiger partial charge in [0.05, 0.1) is 16.8 Å². The van der Waals surface area contributed by atoms with E-state index >= 15 is 0 Å². The third-order valence-corrected chi connectivity index (χ3v) is 4.11. The van der Waals surface area contributed by atoms with Gasteiger partial charge in [0.15, 0.2) is 0 Å². The highest BCUT2D eigenvalue weighted by Crippen LogP contribution is 2.33. The Morgan fingerprint density at radius 2 is 2.06 bits per heavy atom. The minimum atomic E-state index is 0.0722. The van der Waals surface area contributed by atoms with Crippen molar-refractivity contribution in [3.63, 3.8) is 0 Å². The van der Waals surface area contributed by atoms with Crippen molar-refractivity contribution in [3.8, 4) is 0 Å². The number of benzene rings is 1. The lowest BCUT2D eigenvalue weighted by atomic mass is 10.0. The summed E-state index contributed by atoms with van der Waals surface area (Å²) in [6.07, 6.45) is 3.79. The van der Waals surface area contributed by atoms with Crippen LogP contribution in [0, 0.1) is 0 Å². The molecule has 1 aromatic carbocycles. The predicted molar refractivity (Wildman–Crippen MR) is 75.5 cm³/mol. The van der Waals surface area contributed by atoms with Gasteiger partial charge in [0.25, 0.3) is 0 Å². The van der Waals surface area contributed by atoms with Gasteiger partial charge in [-0.25, -0.2) is 0 Å². The molecule has 1 N–H and O–H groups in total. The highest BCUT2D eigenvalue weighted by Gasteiger charge is 2.20. The van der Waals surface area contributed by atoms with Gasteiger partial charge in [-0.15, -0.1) is 11.8 Å². The van der Waals surface area contributed by atoms with Gasteiger partial charge in [0.1, 0.15) is 5.76 Å². The van der Waals surface area contributed by atoms with E-state index in [1.807, 2.05) is 13.1 Å². The van der Waals surface area contributed by atoms with Gasteiger partial charge >= 0.3 is 0 Å². The van der Waals surface area contributed by atoms with Crippen LogP contribution in [0.25, 0.3) is 0 Å². The van der Waals surface area contributed by atoms with E-state index in [2.05, 4.69) is 51.8 Å². The molecule has 0 saturated carbocycles. The lowest BCUT2D eigenvalue weighted by molar-refractivity contribution is 0.458. The summed E-state index contributed by atoms with van der Waals surface area (Å²) in [4.78, 5) is 1.26. The highest BCUT2D eigenvalue weighted by atomic mass is 79.9. The summed E-state index contributed by atoms with van der Waals surface area (Å²) in [5.41, 5.74) is 1.23. The predicted octanol–water partition coefficient (Wildman–Crippen LogP) is 4.07. The van der Waals surface area contributed by atoms with Crippen LogP contribution >= 0.6 is 27.7 Å². The van der Waals surface area contributed by atoms with Crippen molar-refractivity contribution >= 4 is 27.7 Å². The fourth-order valence-corrected chi connectivity index (χ4v) is 2.91. The molecule has 0 radical (unpaired) electrons. The molecule has 0 aliphatic heterocycles. The largest absolute Gasteiger partial charge is 0.466 e. The van der Waals surface area contributed by atoms with Crippen LogP contribution in [0.3, 0.4) is 0 Å². The van der Waals surface area contributed by atoms with E-state index in [0.29, 0.717) is 0 Å². The van der Waals surface area contributed by atoms with E-state index in [4.69, 9.17) is 4.42 Å². The average molecular weight is 312 g/mol. The van der Waals surface area contributed by atoms with E-state index in [1.165, 1.54) is 10.5 Å². The van der Waals surface area contributed by atoms with Gasteiger partial charge in [-0.1, -0.05) is 18.2 Å². The molecule has 1 atom stereocenters. The monoisotopic (exact) mass is 311 g/mol. The van der Waals surface area contributed by atoms with E-state index in [9.17, 15) is 0 Å². The fourth-order valence-electron chi connectivity index (χ4n) is 1.84. The molecule has 2 rings (SSSR count). The Bertz CT molecular complexity index is 498. The molecule has 0 aliphatic rings. The van der Waals surface area contributed by atoms with Gasteiger partial charge in [0.2, 0.25) is 0 Å². The van der Waals surface area contributed by atoms with Gasteiger partial charge in [-0.2, -0.15) is 0 Å². The second-order valence-corrected chi connectivity index (χ2v) is 5.30. The van der Waals surface area contributed by atoms with Crippen LogP contribution in [-0.2, 0) is 0 Å². The zero-order valence-electron chi connectivity index (χ0n) is 9.74. The van der Waals surface area contributed by atoms with Gasteiger partial charge in [-0.3, -0.25) is 0 Å². The highest BCUT2D eigenvalue weighted by molar-refractivity contribution is 9.10. The maximum atomic E-state index is 5.55. The summed E-state index contributed by atoms with van der Waals surface area (Å²) in [5.74, 6) is 0.911. The smallest absolute Gasteiger partial charge is 0.139 e. The Kier molecular flexibility index (Phi) is 4.31. The van der Waals surface area contributed by atoms with Crippen molar-refractivity contribution in [2.75, 3.05) is 13.3 Å². The molecule has 0 saturated heterocycles. The summed E-state index contributed by atoms with van der Waals surface area (Å²) in [5, 5.41) is 3.30. The van der Waals surface area contributed by atoms with Gasteiger partial charge < -0.3 is 9.73 Å². The zero-order chi connectivity index (χ0) is 12.3. The molecule has 1 aromatic heterocycles. The molecule has 0 aliphatic carbocycles. The van der Waals surface area contributed by atoms with Crippen LogP contribution in [0.5, 0.6) is 0 Å². The molecule has 0 amide bonds. The topological polar surface area (TPSA) is 25.2 Å². The number of hydrogen-bond donors (Lipinski definition) is 1. The molecule has 17 heavy (non-hydrogen) atoms. The minimum Gasteiger partial charge on any atom is -0.466 e. The Balaban J connectivity index is 2.46. The van der Waals surface area contributed by atoms with E-state index in [1.54, 1.807) is 18.0 Å². The average Bonchev–Trinajstić information content (AvgIpc) is 2.78. The van der Waals surface area contributed by atoms with E-state index in [-0.39, 0.29) is 6.04 Å². The second kappa shape index (κ2) is 5.76. The summed E-state index contributed by atoms with van der Waals surface area (Å²) < 4.78 is 6.55. The van der Waals surface area contributed by atoms with Crippen LogP contribution in [0.2, 0.25) is 0 Å². The molecule has 0 fully saturated rings. The number of furan rings is 1. The summed E-state index contributed by atoms with van der Waals surface area (Å²) in [7, 11) is 1.94. The van der Waals surface area contributed by atoms with Crippen LogP contribution in [0.1, 0.15) is 17.4 Å². The molecule has 90 valence electrons. The number of hydrogen-bond acceptors (Lipinski definition) is 3. The first-order valence-corrected chi connectivity index (χ1v) is 7.32. The standard InChI is InChI=1S/C13H14BrNOS/c1-15-12(13-10(14)7-8-16-13)9-5-3-4-6-11(9)17-2/h3-8,12,15H,1-2H3. The first-order chi connectivity index (χ1) is 8.27. The van der Waals surface area contributed by atoms with Crippen molar-refractivity contribution in [2.45, 2.75) is 10.9 Å². The fraction of sp³-hybridized carbons (Fsp3) is 0.231. The maximum absolute atomic E-state index is 5.55. The van der Waals surface area contributed by atoms with Crippen molar-refractivity contribution in [1.82, 2.24) is 5.32 Å². The van der Waals surface area contributed by atoms with Gasteiger partial charge in [-0.05, 0) is 46.9 Å². The third kappa shape index (κ3) is 2.59. The maximum Gasteiger partial charge on any atom is 0.139 e. The van der Waals surface area contributed by atoms with Crippen LogP contribution < -0.4 is 5.32 Å². The molecular formula is C13H14BrNOS. The molecule has 1 heterocycles. The van der Waals surface area contributed by atoms with Crippen LogP contribution in [-0.4, -0.2) is 13.3 Å². The Morgan fingerprint density at radius 3 is 2.65 bits per heavy atom. The molecule has 2 nitrogen and oxygen atoms in total. The summed E-state index contributed by atoms with van der Waals surface area (Å²) >= 11 is 5.26. The van der Waals surface area contributed by atoms with Gasteiger partial charge in [0, 0.05) is 4.90 Å². The van der Waals surface area contributed by atoms with E-state index < -0.39 is 0 Å². The number of halogens is 1. The first kappa shape index (κ1) is 12.7. The third-order valence-electron chi connectivity index (χ3n) is 2.65. The Labute approximate surface area is 114 Å². The Hall–Kier alpha value is -0.710. The second-order valence-electron chi connectivity index (χ2n) is 3.60. The molecular weight excluding hydrogens is 298 g/mol. The van der Waals surface area contributed by atoms with E-state index in [0.717, 1.165) is 10.2 Å². The number of thioether (sulfide) groups is 1. The molecule has 2 aromatic rings. The van der Waals surface area contributed by atoms with Crippen molar-refractivity contribution in [2.24, 2.45) is 0 Å². The van der Waals surface area contributed by atoms with Crippen molar-refractivity contribution < 1.29 is 4.42 Å². The van der Waals surface area contributed by atoms with Crippen molar-refractivity contribution in [1.29, 1.82) is 0 Å². The minimum absolute atomic E-state index is 0.0722. The first-order valence-electron chi connectivity index (χ1n) is 5.31. The Morgan fingerprint density at radius 1 is 1.29 bits per heavy atom. The molecule has 4 heteroatoms.